The maximum Gasteiger partial charge on any atom is 0.227 e. The monoisotopic (exact) mass is 317 g/mol. The van der Waals surface area contributed by atoms with Gasteiger partial charge in [-0.25, -0.2) is 4.98 Å². The molecule has 0 bridgehead atoms. The minimum Gasteiger partial charge on any atom is -0.472 e. The van der Waals surface area contributed by atoms with Crippen LogP contribution >= 0.6 is 11.3 Å². The molecule has 0 spiro atoms. The van der Waals surface area contributed by atoms with Crippen LogP contribution in [0.1, 0.15) is 24.2 Å². The molecule has 3 heterocycles. The second kappa shape index (κ2) is 6.87. The smallest absolute Gasteiger partial charge is 0.227 e. The lowest BCUT2D eigenvalue weighted by molar-refractivity contribution is -0.133. The van der Waals surface area contributed by atoms with E-state index >= 15 is 0 Å². The maximum absolute atomic E-state index is 12.4. The van der Waals surface area contributed by atoms with Crippen molar-refractivity contribution in [2.75, 3.05) is 13.1 Å². The molecule has 1 amide bonds. The third-order valence-corrected chi connectivity index (χ3v) is 4.44. The molecule has 0 aliphatic carbocycles. The molecule has 6 heteroatoms. The number of aryl methyl sites for hydroxylation is 1. The summed E-state index contributed by atoms with van der Waals surface area (Å²) in [5.74, 6) is 1.45. The number of rotatable bonds is 4. The molecule has 1 aliphatic rings. The van der Waals surface area contributed by atoms with E-state index in [2.05, 4.69) is 9.97 Å². The van der Waals surface area contributed by atoms with E-state index in [1.165, 1.54) is 0 Å². The number of hydrogen-bond donors (Lipinski definition) is 0. The highest BCUT2D eigenvalue weighted by Crippen LogP contribution is 2.18. The maximum atomic E-state index is 12.4. The second-order valence-electron chi connectivity index (χ2n) is 5.47. The predicted octanol–water partition coefficient (Wildman–Crippen LogP) is 2.46. The lowest BCUT2D eigenvalue weighted by Gasteiger charge is -2.32. The first-order chi connectivity index (χ1) is 10.7. The molecule has 2 aromatic heterocycles. The highest BCUT2D eigenvalue weighted by Gasteiger charge is 2.25. The third kappa shape index (κ3) is 3.82. The van der Waals surface area contributed by atoms with E-state index in [-0.39, 0.29) is 12.0 Å². The summed E-state index contributed by atoms with van der Waals surface area (Å²) in [6.45, 7) is 3.28. The van der Waals surface area contributed by atoms with Crippen LogP contribution in [0.3, 0.4) is 0 Å². The Morgan fingerprint density at radius 1 is 1.50 bits per heavy atom. The summed E-state index contributed by atoms with van der Waals surface area (Å²) in [4.78, 5) is 22.6. The van der Waals surface area contributed by atoms with Gasteiger partial charge in [-0.05, 0) is 42.2 Å². The summed E-state index contributed by atoms with van der Waals surface area (Å²) in [7, 11) is 0. The molecule has 2 aromatic rings. The van der Waals surface area contributed by atoms with Gasteiger partial charge in [-0.3, -0.25) is 4.79 Å². The highest BCUT2D eigenvalue weighted by molar-refractivity contribution is 7.07. The number of hydrogen-bond acceptors (Lipinski definition) is 5. The highest BCUT2D eigenvalue weighted by atomic mass is 32.1. The van der Waals surface area contributed by atoms with Crippen LogP contribution < -0.4 is 4.74 Å². The van der Waals surface area contributed by atoms with Gasteiger partial charge in [-0.2, -0.15) is 16.3 Å². The first-order valence-electron chi connectivity index (χ1n) is 7.46. The zero-order valence-electron chi connectivity index (χ0n) is 12.6. The third-order valence-electron chi connectivity index (χ3n) is 3.70. The fraction of sp³-hybridized carbons (Fsp3) is 0.438. The van der Waals surface area contributed by atoms with E-state index < -0.39 is 0 Å². The van der Waals surface area contributed by atoms with E-state index in [4.69, 9.17) is 4.74 Å². The van der Waals surface area contributed by atoms with Crippen molar-refractivity contribution in [3.05, 3.63) is 40.5 Å². The van der Waals surface area contributed by atoms with Crippen molar-refractivity contribution >= 4 is 17.2 Å². The molecular weight excluding hydrogens is 298 g/mol. The number of carbonyl (C=O) groups is 1. The Bertz CT molecular complexity index is 630. The van der Waals surface area contributed by atoms with E-state index in [0.29, 0.717) is 24.7 Å². The van der Waals surface area contributed by atoms with Crippen molar-refractivity contribution in [2.45, 2.75) is 32.3 Å². The molecule has 1 fully saturated rings. The first kappa shape index (κ1) is 15.0. The number of carbonyl (C=O) groups excluding carboxylic acids is 1. The van der Waals surface area contributed by atoms with E-state index in [1.807, 2.05) is 28.7 Å². The van der Waals surface area contributed by atoms with Gasteiger partial charge in [0.1, 0.15) is 11.9 Å². The van der Waals surface area contributed by atoms with Gasteiger partial charge in [0.05, 0.1) is 13.0 Å². The summed E-state index contributed by atoms with van der Waals surface area (Å²) in [6.07, 6.45) is 4.09. The number of amides is 1. The van der Waals surface area contributed by atoms with E-state index in [0.717, 1.165) is 24.9 Å². The lowest BCUT2D eigenvalue weighted by atomic mass is 10.1. The molecular formula is C16H19N3O2S. The molecule has 116 valence electrons. The Balaban J connectivity index is 1.58. The van der Waals surface area contributed by atoms with E-state index in [9.17, 15) is 4.79 Å². The fourth-order valence-corrected chi connectivity index (χ4v) is 3.28. The Morgan fingerprint density at radius 2 is 2.41 bits per heavy atom. The average molecular weight is 317 g/mol. The molecule has 3 rings (SSSR count). The molecule has 1 atom stereocenters. The lowest BCUT2D eigenvalue weighted by Crippen LogP contribution is -2.45. The number of likely N-dealkylation sites (tertiary alicyclic amines) is 1. The quantitative estimate of drug-likeness (QED) is 0.869. The summed E-state index contributed by atoms with van der Waals surface area (Å²) < 4.78 is 5.91. The van der Waals surface area contributed by atoms with Gasteiger partial charge in [0.2, 0.25) is 11.8 Å². The number of thiophene rings is 1. The molecule has 0 saturated carbocycles. The van der Waals surface area contributed by atoms with Gasteiger partial charge in [0, 0.05) is 18.8 Å². The molecule has 0 radical (unpaired) electrons. The number of aromatic nitrogens is 2. The van der Waals surface area contributed by atoms with Gasteiger partial charge in [-0.1, -0.05) is 0 Å². The van der Waals surface area contributed by atoms with Crippen LogP contribution in [0.2, 0.25) is 0 Å². The van der Waals surface area contributed by atoms with Crippen molar-refractivity contribution in [1.82, 2.24) is 14.9 Å². The fourth-order valence-electron chi connectivity index (χ4n) is 2.61. The van der Waals surface area contributed by atoms with Crippen molar-refractivity contribution in [1.29, 1.82) is 0 Å². The summed E-state index contributed by atoms with van der Waals surface area (Å²) in [6, 6.07) is 3.77. The van der Waals surface area contributed by atoms with Gasteiger partial charge in [0.15, 0.2) is 0 Å². The molecule has 1 saturated heterocycles. The molecule has 22 heavy (non-hydrogen) atoms. The van der Waals surface area contributed by atoms with Crippen LogP contribution in [-0.4, -0.2) is 40.0 Å². The summed E-state index contributed by atoms with van der Waals surface area (Å²) >= 11 is 1.62. The standard InChI is InChI=1S/C16H19N3O2S/c1-12-17-6-4-15(18-12)21-14-3-2-7-19(10-14)16(20)9-13-5-8-22-11-13/h4-6,8,11,14H,2-3,7,9-10H2,1H3. The first-order valence-corrected chi connectivity index (χ1v) is 8.40. The Morgan fingerprint density at radius 3 is 3.18 bits per heavy atom. The average Bonchev–Trinajstić information content (AvgIpc) is 3.00. The van der Waals surface area contributed by atoms with Crippen molar-refractivity contribution in [3.8, 4) is 5.88 Å². The van der Waals surface area contributed by atoms with Crippen molar-refractivity contribution < 1.29 is 9.53 Å². The normalized spacial score (nSPS) is 18.2. The minimum absolute atomic E-state index is 0.00877. The zero-order valence-corrected chi connectivity index (χ0v) is 13.4. The Hall–Kier alpha value is -1.95. The Labute approximate surface area is 134 Å². The second-order valence-corrected chi connectivity index (χ2v) is 6.25. The topological polar surface area (TPSA) is 55.3 Å². The largest absolute Gasteiger partial charge is 0.472 e. The summed E-state index contributed by atoms with van der Waals surface area (Å²) in [5.41, 5.74) is 1.09. The SMILES string of the molecule is Cc1nccc(OC2CCCN(C(=O)Cc3ccsc3)C2)n1. The molecule has 0 aromatic carbocycles. The van der Waals surface area contributed by atoms with Crippen LogP contribution in [0.4, 0.5) is 0 Å². The van der Waals surface area contributed by atoms with Gasteiger partial charge >= 0.3 is 0 Å². The van der Waals surface area contributed by atoms with Crippen LogP contribution in [-0.2, 0) is 11.2 Å². The molecule has 5 nitrogen and oxygen atoms in total. The van der Waals surface area contributed by atoms with Crippen LogP contribution in [0.25, 0.3) is 0 Å². The Kier molecular flexibility index (Phi) is 4.68. The van der Waals surface area contributed by atoms with Crippen LogP contribution in [0, 0.1) is 6.92 Å². The van der Waals surface area contributed by atoms with Gasteiger partial charge in [-0.15, -0.1) is 0 Å². The van der Waals surface area contributed by atoms with Gasteiger partial charge < -0.3 is 9.64 Å². The van der Waals surface area contributed by atoms with Crippen molar-refractivity contribution in [3.63, 3.8) is 0 Å². The minimum atomic E-state index is 0.00877. The molecule has 0 N–H and O–H groups in total. The zero-order chi connectivity index (χ0) is 15.4. The summed E-state index contributed by atoms with van der Waals surface area (Å²) in [5, 5.41) is 4.03. The van der Waals surface area contributed by atoms with Gasteiger partial charge in [0.25, 0.3) is 0 Å². The van der Waals surface area contributed by atoms with E-state index in [1.54, 1.807) is 23.6 Å². The number of piperidine rings is 1. The van der Waals surface area contributed by atoms with Crippen molar-refractivity contribution in [2.24, 2.45) is 0 Å². The molecule has 1 aliphatic heterocycles. The molecule has 1 unspecified atom stereocenters. The number of nitrogens with zero attached hydrogens (tertiary/aromatic N) is 3. The number of ether oxygens (including phenoxy) is 1. The van der Waals surface area contributed by atoms with Crippen LogP contribution in [0.5, 0.6) is 5.88 Å². The van der Waals surface area contributed by atoms with Crippen LogP contribution in [0.15, 0.2) is 29.1 Å². The predicted molar refractivity (Wildman–Crippen MR) is 85.0 cm³/mol.